The summed E-state index contributed by atoms with van der Waals surface area (Å²) >= 11 is 0. The number of esters is 1. The second-order valence-corrected chi connectivity index (χ2v) is 20.4. The molecule has 19 heteroatoms. The van der Waals surface area contributed by atoms with Crippen LogP contribution in [-0.2, 0) is 47.8 Å². The topological polar surface area (TPSA) is 260 Å². The molecule has 0 aromatic rings. The Labute approximate surface area is 386 Å². The molecular weight excluding hydrogens is 841 g/mol. The normalized spacial score (nSPS) is 17.4. The summed E-state index contributed by atoms with van der Waals surface area (Å²) in [4.78, 5) is 122. The monoisotopic (exact) mass is 923 g/mol. The van der Waals surface area contributed by atoms with E-state index in [2.05, 4.69) is 37.2 Å². The Balaban J connectivity index is 3.17. The van der Waals surface area contributed by atoms with Gasteiger partial charge >= 0.3 is 12.1 Å². The molecule has 0 saturated carbocycles. The van der Waals surface area contributed by atoms with E-state index in [-0.39, 0.29) is 37.1 Å². The Morgan fingerprint density at radius 3 is 1.35 bits per heavy atom. The van der Waals surface area contributed by atoms with Gasteiger partial charge in [-0.2, -0.15) is 0 Å². The van der Waals surface area contributed by atoms with Crippen LogP contribution in [0.25, 0.3) is 0 Å². The van der Waals surface area contributed by atoms with E-state index in [9.17, 15) is 43.2 Å². The van der Waals surface area contributed by atoms with Gasteiger partial charge in [0.15, 0.2) is 0 Å². The Morgan fingerprint density at radius 2 is 0.954 bits per heavy atom. The van der Waals surface area contributed by atoms with Gasteiger partial charge in [-0.25, -0.2) is 9.59 Å². The highest BCUT2D eigenvalue weighted by molar-refractivity contribution is 5.98. The van der Waals surface area contributed by atoms with Crippen molar-refractivity contribution in [3.63, 3.8) is 0 Å². The Morgan fingerprint density at radius 1 is 0.538 bits per heavy atom. The number of carbonyl (C=O) groups is 9. The second kappa shape index (κ2) is 26.2. The molecule has 372 valence electrons. The third-order valence-corrected chi connectivity index (χ3v) is 10.8. The number of hydrogen-bond acceptors (Lipinski definition) is 11. The van der Waals surface area contributed by atoms with Gasteiger partial charge < -0.3 is 51.6 Å². The molecule has 0 aliphatic carbocycles. The molecule has 0 unspecified atom stereocenters. The lowest BCUT2D eigenvalue weighted by atomic mass is 9.97. The van der Waals surface area contributed by atoms with Crippen molar-refractivity contribution in [1.82, 2.24) is 42.1 Å². The highest BCUT2D eigenvalue weighted by atomic mass is 16.6. The number of carbonyl (C=O) groups excluding carboxylic acids is 9. The number of likely N-dealkylation sites (tertiary alicyclic amines) is 1. The minimum atomic E-state index is -1.14. The van der Waals surface area contributed by atoms with Crippen LogP contribution in [0, 0.1) is 35.5 Å². The maximum Gasteiger partial charge on any atom is 0.408 e. The van der Waals surface area contributed by atoms with Crippen LogP contribution in [0.15, 0.2) is 0 Å². The molecule has 0 bridgehead atoms. The van der Waals surface area contributed by atoms with Crippen molar-refractivity contribution in [2.24, 2.45) is 35.5 Å². The summed E-state index contributed by atoms with van der Waals surface area (Å²) in [5.41, 5.74) is -0.797. The van der Waals surface area contributed by atoms with Crippen molar-refractivity contribution in [1.29, 1.82) is 0 Å². The Hall–Kier alpha value is -4.97. The van der Waals surface area contributed by atoms with E-state index in [0.717, 1.165) is 0 Å². The zero-order chi connectivity index (χ0) is 50.3. The van der Waals surface area contributed by atoms with Crippen LogP contribution in [0.4, 0.5) is 4.79 Å². The molecule has 0 aromatic heterocycles. The van der Waals surface area contributed by atoms with Crippen molar-refractivity contribution in [2.45, 2.75) is 190 Å². The van der Waals surface area contributed by atoms with Crippen molar-refractivity contribution in [3.8, 4) is 0 Å². The minimum absolute atomic E-state index is 0.00953. The Bertz CT molecular complexity index is 1660. The number of methoxy groups -OCH3 is 1. The SMILES string of the molecule is COC(=O)[C@@H](NC(=O)[C@@H](NC(=O)[C@H](CC(C)C)NC(=O)[C@H](C)NC(=O)[C@H]1CCCN1C(=O)[C@@H](NC(=O)[C@@H](NC(=O)[C@H](CC(C)C)NC(=O)OC(C)(C)C)C(C)C)C(C)C)C(C)C)C(C)C. The van der Waals surface area contributed by atoms with E-state index in [4.69, 9.17) is 9.47 Å². The quantitative estimate of drug-likeness (QED) is 0.0734. The fourth-order valence-corrected chi connectivity index (χ4v) is 7.21. The number of alkyl carbamates (subject to hydrolysis) is 1. The van der Waals surface area contributed by atoms with Crippen LogP contribution < -0.4 is 37.2 Å². The molecule has 19 nitrogen and oxygen atoms in total. The predicted octanol–water partition coefficient (Wildman–Crippen LogP) is 2.69. The van der Waals surface area contributed by atoms with Crippen molar-refractivity contribution < 1.29 is 52.6 Å². The first kappa shape index (κ1) is 58.0. The van der Waals surface area contributed by atoms with Gasteiger partial charge in [-0.1, -0.05) is 83.1 Å². The van der Waals surface area contributed by atoms with Crippen molar-refractivity contribution >= 4 is 53.4 Å². The smallest absolute Gasteiger partial charge is 0.408 e. The van der Waals surface area contributed by atoms with Gasteiger partial charge in [0.2, 0.25) is 41.4 Å². The molecule has 65 heavy (non-hydrogen) atoms. The molecule has 1 fully saturated rings. The van der Waals surface area contributed by atoms with Gasteiger partial charge in [0.1, 0.15) is 53.9 Å². The molecule has 7 N–H and O–H groups in total. The van der Waals surface area contributed by atoms with Crippen LogP contribution in [0.3, 0.4) is 0 Å². The first-order valence-electron chi connectivity index (χ1n) is 23.1. The summed E-state index contributed by atoms with van der Waals surface area (Å²) < 4.78 is 10.2. The van der Waals surface area contributed by atoms with Gasteiger partial charge in [-0.15, -0.1) is 0 Å². The molecule has 0 aromatic carbocycles. The molecule has 1 aliphatic rings. The average Bonchev–Trinajstić information content (AvgIpc) is 3.67. The lowest BCUT2D eigenvalue weighted by Crippen LogP contribution is -2.61. The third kappa shape index (κ3) is 19.2. The van der Waals surface area contributed by atoms with Gasteiger partial charge in [-0.05, 0) is 88.9 Å². The van der Waals surface area contributed by atoms with Gasteiger partial charge in [0.05, 0.1) is 7.11 Å². The summed E-state index contributed by atoms with van der Waals surface area (Å²) in [7, 11) is 1.22. The zero-order valence-corrected chi connectivity index (χ0v) is 42.1. The fourth-order valence-electron chi connectivity index (χ4n) is 7.21. The average molecular weight is 923 g/mol. The molecule has 0 spiro atoms. The summed E-state index contributed by atoms with van der Waals surface area (Å²) in [5, 5.41) is 19.0. The van der Waals surface area contributed by atoms with Crippen LogP contribution >= 0.6 is 0 Å². The van der Waals surface area contributed by atoms with Crippen molar-refractivity contribution in [2.75, 3.05) is 13.7 Å². The van der Waals surface area contributed by atoms with E-state index >= 15 is 0 Å². The van der Waals surface area contributed by atoms with Crippen LogP contribution in [0.2, 0.25) is 0 Å². The summed E-state index contributed by atoms with van der Waals surface area (Å²) in [6.45, 7) is 28.2. The molecule has 8 atom stereocenters. The number of rotatable bonds is 23. The number of nitrogens with one attached hydrogen (secondary N) is 7. The molecule has 1 heterocycles. The van der Waals surface area contributed by atoms with Gasteiger partial charge in [0, 0.05) is 6.54 Å². The number of hydrogen-bond donors (Lipinski definition) is 7. The summed E-state index contributed by atoms with van der Waals surface area (Å²) in [5.74, 6) is -6.40. The minimum Gasteiger partial charge on any atom is -0.467 e. The summed E-state index contributed by atoms with van der Waals surface area (Å²) in [6, 6.07) is -8.34. The van der Waals surface area contributed by atoms with E-state index < -0.39 is 125 Å². The molecule has 8 amide bonds. The van der Waals surface area contributed by atoms with E-state index in [1.165, 1.54) is 18.9 Å². The highest BCUT2D eigenvalue weighted by Crippen LogP contribution is 2.22. The largest absolute Gasteiger partial charge is 0.467 e. The fraction of sp³-hybridized carbons (Fsp3) is 0.804. The van der Waals surface area contributed by atoms with Crippen LogP contribution in [0.5, 0.6) is 0 Å². The summed E-state index contributed by atoms with van der Waals surface area (Å²) in [6.07, 6.45) is 0.480. The number of ether oxygens (including phenoxy) is 2. The number of amides is 8. The predicted molar refractivity (Wildman–Crippen MR) is 245 cm³/mol. The lowest BCUT2D eigenvalue weighted by Gasteiger charge is -2.33. The van der Waals surface area contributed by atoms with Crippen LogP contribution in [-0.4, -0.2) is 126 Å². The highest BCUT2D eigenvalue weighted by Gasteiger charge is 2.41. The first-order chi connectivity index (χ1) is 29.9. The van der Waals surface area contributed by atoms with Crippen LogP contribution in [0.1, 0.15) is 136 Å². The molecule has 1 saturated heterocycles. The maximum absolute atomic E-state index is 14.2. The van der Waals surface area contributed by atoms with Gasteiger partial charge in [0.25, 0.3) is 0 Å². The standard InChI is InChI=1S/C46H82N8O11/c1-23(2)21-30(38(56)50-34(26(7)8)42(60)53-36(28(11)12)44(62)64-17)48-37(55)29(13)47-40(58)32-19-18-20-54(32)43(61)35(27(9)10)52-41(59)33(25(5)6)51-39(57)31(22-24(3)4)49-45(63)65-46(14,15)16/h23-36H,18-22H2,1-17H3,(H,47,58)(H,48,55)(H,49,63)(H,50,56)(H,51,57)(H,52,59)(H,53,60)/t29-,30-,31-,32+,33-,34-,35-,36-/m0/s1. The molecule has 1 aliphatic heterocycles. The molecular formula is C46H82N8O11. The number of nitrogens with zero attached hydrogens (tertiary/aromatic N) is 1. The van der Waals surface area contributed by atoms with E-state index in [0.29, 0.717) is 12.8 Å². The van der Waals surface area contributed by atoms with Crippen molar-refractivity contribution in [3.05, 3.63) is 0 Å². The molecule has 0 radical (unpaired) electrons. The third-order valence-electron chi connectivity index (χ3n) is 10.8. The van der Waals surface area contributed by atoms with E-state index in [1.807, 2.05) is 27.7 Å². The zero-order valence-electron chi connectivity index (χ0n) is 42.1. The van der Waals surface area contributed by atoms with Gasteiger partial charge in [-0.3, -0.25) is 33.6 Å². The second-order valence-electron chi connectivity index (χ2n) is 20.4. The Kier molecular flexibility index (Phi) is 23.4. The first-order valence-corrected chi connectivity index (χ1v) is 23.1. The van der Waals surface area contributed by atoms with E-state index in [1.54, 1.807) is 76.2 Å². The maximum atomic E-state index is 14.2. The molecule has 1 rings (SSSR count). The lowest BCUT2D eigenvalue weighted by molar-refractivity contribution is -0.147.